The molecule has 2 bridgehead atoms. The summed E-state index contributed by atoms with van der Waals surface area (Å²) in [6.07, 6.45) is 2.11. The number of rotatable bonds is 2. The predicted molar refractivity (Wildman–Crippen MR) is 105 cm³/mol. The summed E-state index contributed by atoms with van der Waals surface area (Å²) in [5.74, 6) is 0.805. The number of aliphatic hydroxyl groups is 1. The van der Waals surface area contributed by atoms with Crippen LogP contribution in [0.25, 0.3) is 10.9 Å². The minimum Gasteiger partial charge on any atom is -0.476 e. The fraction of sp³-hybridized carbons (Fsp3) is 0.350. The number of aryl methyl sites for hydroxylation is 1. The summed E-state index contributed by atoms with van der Waals surface area (Å²) in [5, 5.41) is 21.5. The van der Waals surface area contributed by atoms with Gasteiger partial charge >= 0.3 is 6.03 Å². The van der Waals surface area contributed by atoms with E-state index in [1.54, 1.807) is 12.3 Å². The number of urea groups is 1. The van der Waals surface area contributed by atoms with Gasteiger partial charge in [-0.1, -0.05) is 30.3 Å². The van der Waals surface area contributed by atoms with Crippen molar-refractivity contribution in [1.29, 1.82) is 0 Å². The lowest BCUT2D eigenvalue weighted by atomic mass is 9.98. The van der Waals surface area contributed by atoms with Gasteiger partial charge in [0, 0.05) is 11.9 Å². The van der Waals surface area contributed by atoms with E-state index < -0.39 is 18.2 Å². The molecule has 3 N–H and O–H groups in total. The first kappa shape index (κ1) is 18.2. The number of amides is 2. The molecular weight excluding hydrogens is 358 g/mol. The molecule has 1 unspecified atom stereocenters. The van der Waals surface area contributed by atoms with Crippen LogP contribution in [0.5, 0.6) is 5.88 Å². The fourth-order valence-corrected chi connectivity index (χ4v) is 3.47. The number of carbonyl (C=O) groups is 1. The van der Waals surface area contributed by atoms with E-state index in [-0.39, 0.29) is 0 Å². The van der Waals surface area contributed by atoms with E-state index >= 15 is 0 Å². The molecule has 146 valence electrons. The Hall–Kier alpha value is -3.13. The van der Waals surface area contributed by atoms with Gasteiger partial charge in [0.1, 0.15) is 11.3 Å². The van der Waals surface area contributed by atoms with Crippen molar-refractivity contribution < 1.29 is 14.6 Å². The maximum Gasteiger partial charge on any atom is 0.320 e. The number of hydrogen-bond acceptors (Lipinski definition) is 5. The number of fused-ring (bicyclic) bond motifs is 4. The number of ether oxygens (including phenoxy) is 1. The van der Waals surface area contributed by atoms with Crippen LogP contribution in [-0.2, 0) is 6.54 Å². The zero-order chi connectivity index (χ0) is 19.5. The normalized spacial score (nSPS) is 20.4. The lowest BCUT2D eigenvalue weighted by molar-refractivity contribution is 0.113. The Bertz CT molecular complexity index is 973. The van der Waals surface area contributed by atoms with Gasteiger partial charge in [0.15, 0.2) is 0 Å². The smallest absolute Gasteiger partial charge is 0.320 e. The molecule has 2 amide bonds. The first-order chi connectivity index (χ1) is 13.7. The highest BCUT2D eigenvalue weighted by atomic mass is 16.5. The van der Waals surface area contributed by atoms with Gasteiger partial charge in [0.05, 0.1) is 24.9 Å². The standard InChI is InChI=1S/C20H23N5O3/c1-2-25-18-14(12-21-25)11-16-22-19(18)28-10-6-9-15(26)17(24-20(27)23-16)13-7-4-3-5-8-13/h3-5,7-8,11-12,15,17,26H,2,6,9-10H2,1H3,(H2,22,23,24,27)/t15?,17-/m0/s1. The molecule has 2 atom stereocenters. The Morgan fingerprint density at radius 3 is 2.93 bits per heavy atom. The summed E-state index contributed by atoms with van der Waals surface area (Å²) < 4.78 is 7.72. The molecule has 28 heavy (non-hydrogen) atoms. The van der Waals surface area contributed by atoms with Crippen molar-refractivity contribution in [1.82, 2.24) is 20.1 Å². The number of aromatic nitrogens is 3. The third kappa shape index (κ3) is 3.63. The van der Waals surface area contributed by atoms with E-state index in [2.05, 4.69) is 20.7 Å². The molecule has 0 saturated carbocycles. The van der Waals surface area contributed by atoms with Crippen molar-refractivity contribution >= 4 is 22.8 Å². The quantitative estimate of drug-likeness (QED) is 0.634. The Labute approximate surface area is 162 Å². The zero-order valence-corrected chi connectivity index (χ0v) is 15.6. The predicted octanol–water partition coefficient (Wildman–Crippen LogP) is 2.85. The molecule has 4 rings (SSSR count). The lowest BCUT2D eigenvalue weighted by Crippen LogP contribution is -2.39. The number of nitrogens with zero attached hydrogens (tertiary/aromatic N) is 3. The van der Waals surface area contributed by atoms with Crippen LogP contribution < -0.4 is 15.4 Å². The van der Waals surface area contributed by atoms with Gasteiger partial charge in [0.25, 0.3) is 0 Å². The molecule has 1 aliphatic rings. The van der Waals surface area contributed by atoms with Gasteiger partial charge in [-0.05, 0) is 31.4 Å². The summed E-state index contributed by atoms with van der Waals surface area (Å²) in [4.78, 5) is 17.1. The van der Waals surface area contributed by atoms with Crippen molar-refractivity contribution in [3.05, 3.63) is 48.2 Å². The maximum absolute atomic E-state index is 12.6. The minimum absolute atomic E-state index is 0.373. The Kier molecular flexibility index (Phi) is 5.12. The number of hydrogen-bond donors (Lipinski definition) is 3. The van der Waals surface area contributed by atoms with Crippen LogP contribution in [0, 0.1) is 0 Å². The van der Waals surface area contributed by atoms with E-state index in [4.69, 9.17) is 4.74 Å². The molecule has 3 heterocycles. The number of nitrogens with one attached hydrogen (secondary N) is 2. The monoisotopic (exact) mass is 381 g/mol. The van der Waals surface area contributed by atoms with E-state index in [9.17, 15) is 9.90 Å². The average Bonchev–Trinajstić information content (AvgIpc) is 3.12. The van der Waals surface area contributed by atoms with E-state index in [0.717, 1.165) is 16.5 Å². The number of pyridine rings is 1. The molecule has 1 aromatic carbocycles. The average molecular weight is 381 g/mol. The van der Waals surface area contributed by atoms with Crippen molar-refractivity contribution in [3.8, 4) is 5.88 Å². The van der Waals surface area contributed by atoms with Gasteiger partial charge in [-0.15, -0.1) is 0 Å². The van der Waals surface area contributed by atoms with Crippen LogP contribution in [0.2, 0.25) is 0 Å². The van der Waals surface area contributed by atoms with E-state index in [0.29, 0.717) is 37.7 Å². The van der Waals surface area contributed by atoms with Crippen LogP contribution in [0.4, 0.5) is 10.6 Å². The summed E-state index contributed by atoms with van der Waals surface area (Å²) >= 11 is 0. The molecule has 8 nitrogen and oxygen atoms in total. The molecule has 8 heteroatoms. The minimum atomic E-state index is -0.733. The maximum atomic E-state index is 12.6. The van der Waals surface area contributed by atoms with Crippen molar-refractivity contribution in [2.75, 3.05) is 11.9 Å². The van der Waals surface area contributed by atoms with Crippen LogP contribution >= 0.6 is 0 Å². The Morgan fingerprint density at radius 2 is 2.14 bits per heavy atom. The van der Waals surface area contributed by atoms with Gasteiger partial charge in [-0.2, -0.15) is 10.1 Å². The number of aliphatic hydroxyl groups excluding tert-OH is 1. The first-order valence-corrected chi connectivity index (χ1v) is 9.45. The molecular formula is C20H23N5O3. The SMILES string of the molecule is CCn1ncc2cc3nc(c21)OCCCC(O)[C@H](c1ccccc1)NC(=O)N3. The van der Waals surface area contributed by atoms with Crippen molar-refractivity contribution in [3.63, 3.8) is 0 Å². The molecule has 1 aliphatic heterocycles. The largest absolute Gasteiger partial charge is 0.476 e. The summed E-state index contributed by atoms with van der Waals surface area (Å²) in [6.45, 7) is 3.09. The van der Waals surface area contributed by atoms with Gasteiger partial charge in [-0.25, -0.2) is 4.79 Å². The fourth-order valence-electron chi connectivity index (χ4n) is 3.47. The number of anilines is 1. The highest BCUT2D eigenvalue weighted by Gasteiger charge is 2.24. The van der Waals surface area contributed by atoms with Gasteiger partial charge in [-0.3, -0.25) is 10.00 Å². The second-order valence-electron chi connectivity index (χ2n) is 6.76. The number of carbonyl (C=O) groups excluding carboxylic acids is 1. The zero-order valence-electron chi connectivity index (χ0n) is 15.6. The van der Waals surface area contributed by atoms with Crippen LogP contribution in [0.15, 0.2) is 42.6 Å². The third-order valence-electron chi connectivity index (χ3n) is 4.84. The molecule has 0 aliphatic carbocycles. The lowest BCUT2D eigenvalue weighted by Gasteiger charge is -2.25. The topological polar surface area (TPSA) is 101 Å². The van der Waals surface area contributed by atoms with Gasteiger partial charge in [0.2, 0.25) is 5.88 Å². The van der Waals surface area contributed by atoms with Crippen LogP contribution in [-0.4, -0.2) is 38.6 Å². The molecule has 0 radical (unpaired) electrons. The van der Waals surface area contributed by atoms with Crippen molar-refractivity contribution in [2.24, 2.45) is 0 Å². The Balaban J connectivity index is 1.68. The van der Waals surface area contributed by atoms with E-state index in [1.807, 2.05) is 41.9 Å². The molecule has 2 aromatic heterocycles. The second kappa shape index (κ2) is 7.85. The van der Waals surface area contributed by atoms with Crippen LogP contribution in [0.1, 0.15) is 31.4 Å². The van der Waals surface area contributed by atoms with Crippen LogP contribution in [0.3, 0.4) is 0 Å². The molecule has 3 aromatic rings. The molecule has 0 fully saturated rings. The second-order valence-corrected chi connectivity index (χ2v) is 6.76. The Morgan fingerprint density at radius 1 is 1.32 bits per heavy atom. The third-order valence-corrected chi connectivity index (χ3v) is 4.84. The summed E-state index contributed by atoms with van der Waals surface area (Å²) in [6, 6.07) is 10.2. The first-order valence-electron chi connectivity index (χ1n) is 9.45. The van der Waals surface area contributed by atoms with Gasteiger partial charge < -0.3 is 15.2 Å². The highest BCUT2D eigenvalue weighted by Crippen LogP contribution is 2.28. The summed E-state index contributed by atoms with van der Waals surface area (Å²) in [7, 11) is 0. The summed E-state index contributed by atoms with van der Waals surface area (Å²) in [5.41, 5.74) is 1.64. The molecule has 0 saturated heterocycles. The molecule has 0 spiro atoms. The van der Waals surface area contributed by atoms with E-state index in [1.165, 1.54) is 0 Å². The number of benzene rings is 1. The van der Waals surface area contributed by atoms with Crippen molar-refractivity contribution in [2.45, 2.75) is 38.5 Å². The highest BCUT2D eigenvalue weighted by molar-refractivity contribution is 5.92.